The number of hydrogen-bond donors (Lipinski definition) is 1. The van der Waals surface area contributed by atoms with Crippen LogP contribution in [0.3, 0.4) is 0 Å². The Morgan fingerprint density at radius 3 is 2.78 bits per heavy atom. The summed E-state index contributed by atoms with van der Waals surface area (Å²) >= 11 is 2.56. The minimum Gasteiger partial charge on any atom is -0.487 e. The summed E-state index contributed by atoms with van der Waals surface area (Å²) in [4.78, 5) is 38.0. The molecule has 4 aromatic rings. The van der Waals surface area contributed by atoms with E-state index in [0.29, 0.717) is 32.2 Å². The number of thioether (sulfide) groups is 1. The first-order valence-corrected chi connectivity index (χ1v) is 12.6. The summed E-state index contributed by atoms with van der Waals surface area (Å²) in [6.07, 6.45) is 4.93. The molecule has 1 N–H and O–H groups in total. The second-order valence-corrected chi connectivity index (χ2v) is 10.0. The Bertz CT molecular complexity index is 1720. The van der Waals surface area contributed by atoms with Gasteiger partial charge < -0.3 is 4.74 Å². The van der Waals surface area contributed by atoms with Crippen LogP contribution in [-0.4, -0.2) is 46.5 Å². The lowest BCUT2D eigenvalue weighted by Crippen LogP contribution is -2.35. The zero-order valence-corrected chi connectivity index (χ0v) is 20.8. The summed E-state index contributed by atoms with van der Waals surface area (Å²) in [6, 6.07) is 12.1. The Balaban J connectivity index is 1.17. The van der Waals surface area contributed by atoms with E-state index in [1.54, 1.807) is 48.8 Å². The molecule has 0 bridgehead atoms. The van der Waals surface area contributed by atoms with Crippen LogP contribution < -0.4 is 10.3 Å². The molecule has 1 amide bonds. The molecule has 3 aromatic heterocycles. The third-order valence-electron chi connectivity index (χ3n) is 5.34. The monoisotopic (exact) mass is 528 g/mol. The van der Waals surface area contributed by atoms with E-state index in [1.807, 2.05) is 13.0 Å². The fraction of sp³-hybridized carbons (Fsp3) is 0.0833. The molecule has 0 saturated carbocycles. The molecule has 5 heterocycles. The number of carbonyl (C=O) groups is 1. The molecule has 182 valence electrons. The largest absolute Gasteiger partial charge is 0.487 e. The number of ether oxygens (including phenoxy) is 1. The van der Waals surface area contributed by atoms with Gasteiger partial charge in [0.05, 0.1) is 11.3 Å². The molecular weight excluding hydrogens is 512 g/mol. The van der Waals surface area contributed by atoms with Gasteiger partial charge in [0.1, 0.15) is 22.4 Å². The van der Waals surface area contributed by atoms with E-state index in [0.717, 1.165) is 10.6 Å². The fourth-order valence-electron chi connectivity index (χ4n) is 3.61. The van der Waals surface area contributed by atoms with E-state index in [2.05, 4.69) is 25.2 Å². The third kappa shape index (κ3) is 4.45. The van der Waals surface area contributed by atoms with Crippen LogP contribution in [0.25, 0.3) is 11.0 Å². The number of aliphatic imine (C=N–C) groups is 1. The fourth-order valence-corrected chi connectivity index (χ4v) is 5.26. The van der Waals surface area contributed by atoms with Gasteiger partial charge in [0.2, 0.25) is 10.1 Å². The van der Waals surface area contributed by atoms with Crippen LogP contribution in [0.1, 0.15) is 21.8 Å². The van der Waals surface area contributed by atoms with Crippen molar-refractivity contribution in [1.29, 1.82) is 5.41 Å². The molecule has 37 heavy (non-hydrogen) atoms. The van der Waals surface area contributed by atoms with Crippen molar-refractivity contribution >= 4 is 56.1 Å². The number of amides is 1. The Kier molecular flexibility index (Phi) is 5.70. The second-order valence-electron chi connectivity index (χ2n) is 7.93. The zero-order valence-electron chi connectivity index (χ0n) is 19.2. The number of pyridine rings is 1. The lowest BCUT2D eigenvalue weighted by Gasteiger charge is -2.20. The van der Waals surface area contributed by atoms with Gasteiger partial charge in [-0.25, -0.2) is 4.98 Å². The van der Waals surface area contributed by atoms with E-state index in [9.17, 15) is 9.59 Å². The summed E-state index contributed by atoms with van der Waals surface area (Å²) in [6.45, 7) is 1.93. The molecule has 2 aliphatic heterocycles. The normalized spacial score (nSPS) is 16.2. The Morgan fingerprint density at radius 1 is 1.16 bits per heavy atom. The zero-order chi connectivity index (χ0) is 25.5. The molecule has 0 spiro atoms. The number of nitrogens with zero attached hydrogens (tertiary/aromatic N) is 7. The van der Waals surface area contributed by atoms with Gasteiger partial charge in [-0.2, -0.15) is 24.7 Å². The number of fused-ring (bicyclic) bond motifs is 2. The van der Waals surface area contributed by atoms with Crippen LogP contribution in [0, 0.1) is 12.3 Å². The number of amidine groups is 2. The molecule has 0 atom stereocenters. The molecule has 1 aromatic carbocycles. The van der Waals surface area contributed by atoms with Crippen molar-refractivity contribution in [2.45, 2.75) is 13.5 Å². The summed E-state index contributed by atoms with van der Waals surface area (Å²) in [5.74, 6) is 0.0159. The standard InChI is InChI=1S/C24H16N8O3S2/c1-13-29-31-19(33)10-16(27-23(31)36-13)12-35-17-6-4-14(5-7-17)9-18-20(25)32-24(28-21(18)34)37-22(30-32)15-3-2-8-26-11-15/h2-11,25H,12H2,1H3/b18-9-,25-20?. The molecule has 0 unspecified atom stereocenters. The Hall–Kier alpha value is -4.49. The average Bonchev–Trinajstić information content (AvgIpc) is 3.50. The number of rotatable bonds is 5. The van der Waals surface area contributed by atoms with Gasteiger partial charge in [-0.05, 0) is 54.6 Å². The lowest BCUT2D eigenvalue weighted by atomic mass is 10.1. The smallest absolute Gasteiger partial charge is 0.283 e. The number of nitrogens with one attached hydrogen (secondary N) is 1. The predicted octanol–water partition coefficient (Wildman–Crippen LogP) is 3.10. The van der Waals surface area contributed by atoms with Crippen molar-refractivity contribution in [2.75, 3.05) is 0 Å². The first kappa shape index (κ1) is 22.9. The average molecular weight is 529 g/mol. The Morgan fingerprint density at radius 2 is 2.00 bits per heavy atom. The van der Waals surface area contributed by atoms with Crippen LogP contribution in [0.15, 0.2) is 75.3 Å². The molecule has 0 saturated heterocycles. The van der Waals surface area contributed by atoms with Crippen LogP contribution in [0.5, 0.6) is 5.75 Å². The van der Waals surface area contributed by atoms with Crippen molar-refractivity contribution in [2.24, 2.45) is 10.1 Å². The number of hydrogen-bond acceptors (Lipinski definition) is 10. The van der Waals surface area contributed by atoms with Gasteiger partial charge in [0.15, 0.2) is 5.84 Å². The molecule has 11 nitrogen and oxygen atoms in total. The molecule has 13 heteroatoms. The van der Waals surface area contributed by atoms with E-state index in [4.69, 9.17) is 10.1 Å². The van der Waals surface area contributed by atoms with Crippen LogP contribution in [0.4, 0.5) is 0 Å². The minimum atomic E-state index is -0.502. The maximum atomic E-state index is 12.7. The van der Waals surface area contributed by atoms with Crippen LogP contribution in [0.2, 0.25) is 0 Å². The van der Waals surface area contributed by atoms with E-state index in [1.165, 1.54) is 38.7 Å². The number of hydrazone groups is 1. The van der Waals surface area contributed by atoms with Gasteiger partial charge >= 0.3 is 0 Å². The highest BCUT2D eigenvalue weighted by molar-refractivity contribution is 8.27. The first-order valence-electron chi connectivity index (χ1n) is 10.9. The third-order valence-corrected chi connectivity index (χ3v) is 7.12. The first-order chi connectivity index (χ1) is 17.9. The second kappa shape index (κ2) is 9.19. The van der Waals surface area contributed by atoms with Crippen LogP contribution in [-0.2, 0) is 11.4 Å². The van der Waals surface area contributed by atoms with Gasteiger partial charge in [-0.1, -0.05) is 23.5 Å². The molecule has 2 aliphatic rings. The van der Waals surface area contributed by atoms with Crippen molar-refractivity contribution in [3.05, 3.63) is 92.6 Å². The molecule has 0 fully saturated rings. The quantitative estimate of drug-likeness (QED) is 0.390. The molecular formula is C24H16N8O3S2. The summed E-state index contributed by atoms with van der Waals surface area (Å²) in [5, 5.41) is 20.2. The number of carbonyl (C=O) groups excluding carboxylic acids is 1. The van der Waals surface area contributed by atoms with Gasteiger partial charge in [-0.15, -0.1) is 0 Å². The SMILES string of the molecule is Cc1nn2c(=O)cc(COc3ccc(/C=C4/C(=N)N5N=C(c6cccnc6)SC5=NC4=O)cc3)nc2s1. The highest BCUT2D eigenvalue weighted by atomic mass is 32.2. The van der Waals surface area contributed by atoms with Crippen molar-refractivity contribution in [3.63, 3.8) is 0 Å². The lowest BCUT2D eigenvalue weighted by molar-refractivity contribution is -0.114. The van der Waals surface area contributed by atoms with Gasteiger partial charge in [0.25, 0.3) is 11.5 Å². The van der Waals surface area contributed by atoms with E-state index in [-0.39, 0.29) is 23.6 Å². The maximum Gasteiger partial charge on any atom is 0.283 e. The van der Waals surface area contributed by atoms with Crippen molar-refractivity contribution in [1.82, 2.24) is 24.6 Å². The predicted molar refractivity (Wildman–Crippen MR) is 141 cm³/mol. The van der Waals surface area contributed by atoms with Crippen molar-refractivity contribution in [3.8, 4) is 5.75 Å². The summed E-state index contributed by atoms with van der Waals surface area (Å²) in [7, 11) is 0. The van der Waals surface area contributed by atoms with Gasteiger partial charge in [0, 0.05) is 24.0 Å². The molecule has 0 aliphatic carbocycles. The highest BCUT2D eigenvalue weighted by Gasteiger charge is 2.36. The van der Waals surface area contributed by atoms with E-state index < -0.39 is 5.91 Å². The van der Waals surface area contributed by atoms with Gasteiger partial charge in [-0.3, -0.25) is 20.0 Å². The number of benzene rings is 1. The summed E-state index contributed by atoms with van der Waals surface area (Å²) in [5.41, 5.74) is 1.86. The molecule has 0 radical (unpaired) electrons. The maximum absolute atomic E-state index is 12.7. The van der Waals surface area contributed by atoms with Crippen LogP contribution >= 0.6 is 23.1 Å². The minimum absolute atomic E-state index is 0.0484. The summed E-state index contributed by atoms with van der Waals surface area (Å²) < 4.78 is 7.06. The Labute approximate surface area is 217 Å². The van der Waals surface area contributed by atoms with Crippen molar-refractivity contribution < 1.29 is 9.53 Å². The van der Waals surface area contributed by atoms with E-state index >= 15 is 0 Å². The number of aryl methyl sites for hydroxylation is 1. The topological polar surface area (TPSA) is 138 Å². The highest BCUT2D eigenvalue weighted by Crippen LogP contribution is 2.30. The molecule has 6 rings (SSSR count). The number of aromatic nitrogens is 4.